The van der Waals surface area contributed by atoms with E-state index in [1.165, 1.54) is 11.9 Å². The summed E-state index contributed by atoms with van der Waals surface area (Å²) < 4.78 is 0. The SMILES string of the molecule is c1cncc(-c2nc3c(c(NCCSc4ncn[nH]4)n2)CCNC3)c1. The maximum Gasteiger partial charge on any atom is 0.183 e. The Balaban J connectivity index is 1.52. The molecule has 0 atom stereocenters. The lowest BCUT2D eigenvalue weighted by Gasteiger charge is -2.20. The molecule has 0 saturated heterocycles. The first-order valence-electron chi connectivity index (χ1n) is 8.13. The Morgan fingerprint density at radius 1 is 1.28 bits per heavy atom. The number of aromatic amines is 1. The van der Waals surface area contributed by atoms with Gasteiger partial charge in [-0.05, 0) is 25.1 Å². The summed E-state index contributed by atoms with van der Waals surface area (Å²) in [6, 6.07) is 3.88. The largest absolute Gasteiger partial charge is 0.369 e. The molecule has 0 aliphatic carbocycles. The van der Waals surface area contributed by atoms with E-state index < -0.39 is 0 Å². The molecule has 25 heavy (non-hydrogen) atoms. The van der Waals surface area contributed by atoms with Crippen LogP contribution in [0.2, 0.25) is 0 Å². The lowest BCUT2D eigenvalue weighted by molar-refractivity contribution is 0.625. The summed E-state index contributed by atoms with van der Waals surface area (Å²) in [5.74, 6) is 2.50. The van der Waals surface area contributed by atoms with E-state index in [-0.39, 0.29) is 0 Å². The fourth-order valence-corrected chi connectivity index (χ4v) is 3.35. The van der Waals surface area contributed by atoms with Gasteiger partial charge in [0.15, 0.2) is 11.0 Å². The Morgan fingerprint density at radius 2 is 2.28 bits per heavy atom. The van der Waals surface area contributed by atoms with Crippen LogP contribution in [-0.2, 0) is 13.0 Å². The predicted molar refractivity (Wildman–Crippen MR) is 96.3 cm³/mol. The molecule has 0 bridgehead atoms. The topological polar surface area (TPSA) is 104 Å². The first-order valence-corrected chi connectivity index (χ1v) is 9.11. The summed E-state index contributed by atoms with van der Waals surface area (Å²) in [7, 11) is 0. The Kier molecular flexibility index (Phi) is 4.84. The number of hydrogen-bond donors (Lipinski definition) is 3. The van der Waals surface area contributed by atoms with Crippen molar-refractivity contribution in [2.24, 2.45) is 0 Å². The van der Waals surface area contributed by atoms with Crippen molar-refractivity contribution < 1.29 is 0 Å². The highest BCUT2D eigenvalue weighted by molar-refractivity contribution is 7.99. The molecule has 0 unspecified atom stereocenters. The molecule has 0 radical (unpaired) electrons. The van der Waals surface area contributed by atoms with Crippen LogP contribution in [0.3, 0.4) is 0 Å². The van der Waals surface area contributed by atoms with E-state index in [1.807, 2.05) is 12.1 Å². The zero-order valence-electron chi connectivity index (χ0n) is 13.6. The van der Waals surface area contributed by atoms with Crippen LogP contribution in [-0.4, -0.2) is 49.0 Å². The van der Waals surface area contributed by atoms with Gasteiger partial charge in [-0.15, -0.1) is 0 Å². The second-order valence-corrected chi connectivity index (χ2v) is 6.64. The normalized spacial score (nSPS) is 13.4. The van der Waals surface area contributed by atoms with E-state index in [0.29, 0.717) is 5.82 Å². The highest BCUT2D eigenvalue weighted by Gasteiger charge is 2.18. The van der Waals surface area contributed by atoms with Crippen LogP contribution >= 0.6 is 11.8 Å². The summed E-state index contributed by atoms with van der Waals surface area (Å²) in [6.07, 6.45) is 5.99. The van der Waals surface area contributed by atoms with Gasteiger partial charge < -0.3 is 10.6 Å². The number of nitrogens with zero attached hydrogens (tertiary/aromatic N) is 5. The van der Waals surface area contributed by atoms with Gasteiger partial charge in [0.2, 0.25) is 0 Å². The molecule has 3 aromatic heterocycles. The van der Waals surface area contributed by atoms with E-state index in [0.717, 1.165) is 54.0 Å². The molecule has 8 nitrogen and oxygen atoms in total. The number of rotatable bonds is 6. The Hall–Kier alpha value is -2.52. The summed E-state index contributed by atoms with van der Waals surface area (Å²) in [5, 5.41) is 14.4. The van der Waals surface area contributed by atoms with E-state index >= 15 is 0 Å². The molecule has 0 aromatic carbocycles. The third kappa shape index (κ3) is 3.77. The molecule has 0 spiro atoms. The molecule has 128 valence electrons. The number of aromatic nitrogens is 6. The molecule has 0 amide bonds. The van der Waals surface area contributed by atoms with Crippen LogP contribution in [0.4, 0.5) is 5.82 Å². The molecular formula is C16H18N8S. The van der Waals surface area contributed by atoms with Gasteiger partial charge in [-0.1, -0.05) is 11.8 Å². The molecule has 1 aliphatic heterocycles. The minimum Gasteiger partial charge on any atom is -0.369 e. The molecule has 0 fully saturated rings. The van der Waals surface area contributed by atoms with Crippen molar-refractivity contribution in [1.82, 2.24) is 35.5 Å². The highest BCUT2D eigenvalue weighted by Crippen LogP contribution is 2.24. The van der Waals surface area contributed by atoms with Crippen LogP contribution in [0.25, 0.3) is 11.4 Å². The van der Waals surface area contributed by atoms with Gasteiger partial charge in [0.05, 0.1) is 5.69 Å². The molecule has 1 aliphatic rings. The highest BCUT2D eigenvalue weighted by atomic mass is 32.2. The number of nitrogens with one attached hydrogen (secondary N) is 3. The zero-order valence-corrected chi connectivity index (χ0v) is 14.4. The fraction of sp³-hybridized carbons (Fsp3) is 0.312. The zero-order chi connectivity index (χ0) is 16.9. The molecule has 3 aromatic rings. The third-order valence-corrected chi connectivity index (χ3v) is 4.76. The van der Waals surface area contributed by atoms with E-state index in [2.05, 4.69) is 30.8 Å². The minimum atomic E-state index is 0.709. The lowest BCUT2D eigenvalue weighted by atomic mass is 10.1. The van der Waals surface area contributed by atoms with Crippen molar-refractivity contribution in [1.29, 1.82) is 0 Å². The van der Waals surface area contributed by atoms with E-state index in [1.54, 1.807) is 24.2 Å². The van der Waals surface area contributed by atoms with Gasteiger partial charge in [0, 0.05) is 42.4 Å². The van der Waals surface area contributed by atoms with Crippen LogP contribution in [0.1, 0.15) is 11.3 Å². The van der Waals surface area contributed by atoms with Crippen molar-refractivity contribution in [2.45, 2.75) is 18.1 Å². The first kappa shape index (κ1) is 16.0. The van der Waals surface area contributed by atoms with Crippen LogP contribution in [0.15, 0.2) is 36.0 Å². The summed E-state index contributed by atoms with van der Waals surface area (Å²) in [5.41, 5.74) is 3.19. The number of H-pyrrole nitrogens is 1. The van der Waals surface area contributed by atoms with Gasteiger partial charge >= 0.3 is 0 Å². The number of anilines is 1. The van der Waals surface area contributed by atoms with Gasteiger partial charge in [0.1, 0.15) is 12.1 Å². The van der Waals surface area contributed by atoms with E-state index in [4.69, 9.17) is 9.97 Å². The number of hydrogen-bond acceptors (Lipinski definition) is 8. The molecule has 3 N–H and O–H groups in total. The number of thioether (sulfide) groups is 1. The van der Waals surface area contributed by atoms with Crippen LogP contribution in [0, 0.1) is 0 Å². The quantitative estimate of drug-likeness (QED) is 0.452. The minimum absolute atomic E-state index is 0.709. The van der Waals surface area contributed by atoms with Gasteiger partial charge in [0.25, 0.3) is 0 Å². The van der Waals surface area contributed by atoms with Gasteiger partial charge in [-0.25, -0.2) is 15.0 Å². The van der Waals surface area contributed by atoms with Crippen molar-refractivity contribution in [3.05, 3.63) is 42.1 Å². The van der Waals surface area contributed by atoms with Gasteiger partial charge in [-0.3, -0.25) is 10.1 Å². The number of fused-ring (bicyclic) bond motifs is 1. The van der Waals surface area contributed by atoms with Crippen molar-refractivity contribution in [2.75, 3.05) is 24.2 Å². The first-order chi connectivity index (χ1) is 12.4. The smallest absolute Gasteiger partial charge is 0.183 e. The third-order valence-electron chi connectivity index (χ3n) is 3.88. The predicted octanol–water partition coefficient (Wildman–Crippen LogP) is 1.51. The van der Waals surface area contributed by atoms with Crippen molar-refractivity contribution >= 4 is 17.6 Å². The molecule has 9 heteroatoms. The molecule has 4 rings (SSSR count). The maximum atomic E-state index is 4.76. The summed E-state index contributed by atoms with van der Waals surface area (Å²) in [6.45, 7) is 2.51. The Bertz CT molecular complexity index is 822. The second kappa shape index (κ2) is 7.58. The summed E-state index contributed by atoms with van der Waals surface area (Å²) in [4.78, 5) is 17.8. The fourth-order valence-electron chi connectivity index (χ4n) is 2.71. The van der Waals surface area contributed by atoms with E-state index in [9.17, 15) is 0 Å². The average Bonchev–Trinajstić information content (AvgIpc) is 3.19. The second-order valence-electron chi connectivity index (χ2n) is 5.56. The molecule has 0 saturated carbocycles. The van der Waals surface area contributed by atoms with Crippen LogP contribution < -0.4 is 10.6 Å². The molecular weight excluding hydrogens is 336 g/mol. The standard InChI is InChI=1S/C16H18N8S/c1-2-11(8-17-4-1)14-22-13-9-18-5-3-12(13)15(23-14)19-6-7-25-16-20-10-21-24-16/h1-2,4,8,10,18H,3,5-7,9H2,(H,19,22,23)(H,20,21,24). The maximum absolute atomic E-state index is 4.76. The van der Waals surface area contributed by atoms with Crippen molar-refractivity contribution in [3.63, 3.8) is 0 Å². The van der Waals surface area contributed by atoms with Gasteiger partial charge in [-0.2, -0.15) is 5.10 Å². The monoisotopic (exact) mass is 354 g/mol. The summed E-state index contributed by atoms with van der Waals surface area (Å²) >= 11 is 1.63. The Labute approximate surface area is 149 Å². The van der Waals surface area contributed by atoms with Crippen LogP contribution in [0.5, 0.6) is 0 Å². The lowest BCUT2D eigenvalue weighted by Crippen LogP contribution is -2.27. The average molecular weight is 354 g/mol. The molecule has 4 heterocycles. The number of pyridine rings is 1. The Morgan fingerprint density at radius 3 is 3.12 bits per heavy atom. The van der Waals surface area contributed by atoms with Crippen molar-refractivity contribution in [3.8, 4) is 11.4 Å².